The number of rotatable bonds is 6. The number of nitrogens with zero attached hydrogens (tertiary/aromatic N) is 5. The average Bonchev–Trinajstić information content (AvgIpc) is 3.48. The minimum absolute atomic E-state index is 0.0221. The van der Waals surface area contributed by atoms with Crippen LogP contribution in [-0.2, 0) is 26.8 Å². The maximum atomic E-state index is 14.1. The van der Waals surface area contributed by atoms with E-state index in [1.54, 1.807) is 60.1 Å². The fourth-order valence-electron chi connectivity index (χ4n) is 4.25. The fraction of sp³-hybridized carbons (Fsp3) is 0.409. The summed E-state index contributed by atoms with van der Waals surface area (Å²) in [5.74, 6) is -1.24. The van der Waals surface area contributed by atoms with Crippen molar-refractivity contribution >= 4 is 27.3 Å². The Kier molecular flexibility index (Phi) is 5.94. The van der Waals surface area contributed by atoms with Crippen molar-refractivity contribution < 1.29 is 18.3 Å². The van der Waals surface area contributed by atoms with Crippen LogP contribution in [0.3, 0.4) is 0 Å². The zero-order chi connectivity index (χ0) is 24.0. The van der Waals surface area contributed by atoms with Crippen LogP contribution in [0.5, 0.6) is 0 Å². The Morgan fingerprint density at radius 2 is 1.94 bits per heavy atom. The third-order valence-corrected chi connectivity index (χ3v) is 8.65. The van der Waals surface area contributed by atoms with Gasteiger partial charge in [0.25, 0.3) is 0 Å². The van der Waals surface area contributed by atoms with Crippen LogP contribution in [-0.4, -0.2) is 62.6 Å². The summed E-state index contributed by atoms with van der Waals surface area (Å²) in [6.45, 7) is 5.98. The van der Waals surface area contributed by atoms with E-state index in [0.717, 1.165) is 9.87 Å². The van der Waals surface area contributed by atoms with Gasteiger partial charge in [-0.1, -0.05) is 32.9 Å². The van der Waals surface area contributed by atoms with Gasteiger partial charge in [0.05, 0.1) is 11.4 Å². The number of carbonyl (C=O) groups is 1. The highest BCUT2D eigenvalue weighted by Crippen LogP contribution is 2.44. The molecule has 1 aromatic carbocycles. The molecule has 33 heavy (non-hydrogen) atoms. The van der Waals surface area contributed by atoms with Crippen molar-refractivity contribution in [2.24, 2.45) is 0 Å². The van der Waals surface area contributed by atoms with Gasteiger partial charge in [-0.2, -0.15) is 9.40 Å². The summed E-state index contributed by atoms with van der Waals surface area (Å²) in [6.07, 6.45) is 3.90. The number of sulfonamides is 1. The molecule has 0 aliphatic carbocycles. The normalized spacial score (nSPS) is 22.6. The van der Waals surface area contributed by atoms with Crippen molar-refractivity contribution in [2.75, 3.05) is 13.6 Å². The van der Waals surface area contributed by atoms with Gasteiger partial charge in [-0.15, -0.1) is 11.3 Å². The number of aromatic nitrogens is 3. The highest BCUT2D eigenvalue weighted by atomic mass is 32.2. The van der Waals surface area contributed by atoms with E-state index in [9.17, 15) is 18.3 Å². The van der Waals surface area contributed by atoms with Crippen LogP contribution in [0.2, 0.25) is 0 Å². The second-order valence-corrected chi connectivity index (χ2v) is 12.0. The van der Waals surface area contributed by atoms with Gasteiger partial charge in [0, 0.05) is 30.5 Å². The molecule has 1 N–H and O–H groups in total. The molecule has 3 aromatic rings. The number of aliphatic carboxylic acids is 1. The number of benzene rings is 1. The zero-order valence-corrected chi connectivity index (χ0v) is 20.5. The molecule has 2 aromatic heterocycles. The van der Waals surface area contributed by atoms with E-state index in [1.807, 2.05) is 20.8 Å². The highest BCUT2D eigenvalue weighted by molar-refractivity contribution is 7.89. The van der Waals surface area contributed by atoms with Gasteiger partial charge in [0.2, 0.25) is 10.0 Å². The largest absolute Gasteiger partial charge is 0.480 e. The Morgan fingerprint density at radius 3 is 2.45 bits per heavy atom. The first-order chi connectivity index (χ1) is 15.5. The van der Waals surface area contributed by atoms with Crippen LogP contribution in [0.15, 0.2) is 59.2 Å². The third-order valence-electron chi connectivity index (χ3n) is 5.90. The van der Waals surface area contributed by atoms with E-state index in [1.165, 1.54) is 22.2 Å². The summed E-state index contributed by atoms with van der Waals surface area (Å²) in [5.41, 5.74) is -0.944. The molecule has 0 radical (unpaired) electrons. The molecule has 1 saturated heterocycles. The summed E-state index contributed by atoms with van der Waals surface area (Å²) >= 11 is 1.29. The third kappa shape index (κ3) is 4.10. The molecule has 0 amide bonds. The van der Waals surface area contributed by atoms with E-state index in [4.69, 9.17) is 0 Å². The zero-order valence-electron chi connectivity index (χ0n) is 18.9. The van der Waals surface area contributed by atoms with Gasteiger partial charge in [0.15, 0.2) is 5.54 Å². The van der Waals surface area contributed by atoms with Gasteiger partial charge in [0.1, 0.15) is 11.2 Å². The number of carboxylic acids is 1. The standard InChI is InChI=1S/C22H27N5O4S2/c1-21(2,3)16-6-8-17(9-7-16)33(30,31)27-19(18-23-11-13-32-18)25(4)14-22(27,20(28)29)15-26-12-5-10-24-26/h5-13,19H,14-15H2,1-4H3,(H,28,29). The summed E-state index contributed by atoms with van der Waals surface area (Å²) in [4.78, 5) is 18.9. The predicted octanol–water partition coefficient (Wildman–Crippen LogP) is 2.80. The van der Waals surface area contributed by atoms with Gasteiger partial charge in [-0.05, 0) is 36.2 Å². The number of likely N-dealkylation sites (N-methyl/N-ethyl adjacent to an activating group) is 1. The molecular formula is C22H27N5O4S2. The van der Waals surface area contributed by atoms with Crippen molar-refractivity contribution in [3.8, 4) is 0 Å². The molecule has 0 saturated carbocycles. The van der Waals surface area contributed by atoms with Crippen LogP contribution < -0.4 is 0 Å². The van der Waals surface area contributed by atoms with Crippen LogP contribution >= 0.6 is 11.3 Å². The molecule has 4 rings (SSSR count). The van der Waals surface area contributed by atoms with Crippen molar-refractivity contribution in [3.63, 3.8) is 0 Å². The molecule has 2 unspecified atom stereocenters. The van der Waals surface area contributed by atoms with Crippen LogP contribution in [0.1, 0.15) is 37.5 Å². The first-order valence-corrected chi connectivity index (χ1v) is 12.7. The molecule has 176 valence electrons. The maximum Gasteiger partial charge on any atom is 0.328 e. The number of hydrogen-bond donors (Lipinski definition) is 1. The Hall–Kier alpha value is -2.60. The second-order valence-electron chi connectivity index (χ2n) is 9.27. The first kappa shape index (κ1) is 23.6. The number of hydrogen-bond acceptors (Lipinski definition) is 7. The molecule has 0 bridgehead atoms. The van der Waals surface area contributed by atoms with Gasteiger partial charge < -0.3 is 5.11 Å². The van der Waals surface area contributed by atoms with Crippen molar-refractivity contribution in [1.29, 1.82) is 0 Å². The SMILES string of the molecule is CN1CC(Cn2cccn2)(C(=O)O)N(S(=O)(=O)c2ccc(C(C)(C)C)cc2)C1c1nccs1. The monoisotopic (exact) mass is 489 g/mol. The van der Waals surface area contributed by atoms with Crippen molar-refractivity contribution in [1.82, 2.24) is 24.0 Å². The molecule has 1 aliphatic rings. The molecule has 3 heterocycles. The lowest BCUT2D eigenvalue weighted by atomic mass is 9.87. The highest BCUT2D eigenvalue weighted by Gasteiger charge is 2.61. The Labute approximate surface area is 197 Å². The molecule has 1 aliphatic heterocycles. The van der Waals surface area contributed by atoms with Gasteiger partial charge >= 0.3 is 5.97 Å². The molecular weight excluding hydrogens is 462 g/mol. The minimum Gasteiger partial charge on any atom is -0.480 e. The van der Waals surface area contributed by atoms with Crippen LogP contribution in [0, 0.1) is 0 Å². The summed E-state index contributed by atoms with van der Waals surface area (Å²) in [5, 5.41) is 16.8. The smallest absolute Gasteiger partial charge is 0.328 e. The molecule has 2 atom stereocenters. The van der Waals surface area contributed by atoms with E-state index in [0.29, 0.717) is 5.01 Å². The Morgan fingerprint density at radius 1 is 1.24 bits per heavy atom. The summed E-state index contributed by atoms with van der Waals surface area (Å²) in [7, 11) is -2.52. The van der Waals surface area contributed by atoms with Crippen LogP contribution in [0.25, 0.3) is 0 Å². The quantitative estimate of drug-likeness (QED) is 0.567. The lowest BCUT2D eigenvalue weighted by Crippen LogP contribution is -2.58. The topological polar surface area (TPSA) is 109 Å². The lowest BCUT2D eigenvalue weighted by molar-refractivity contribution is -0.147. The molecule has 0 spiro atoms. The van der Waals surface area contributed by atoms with Crippen molar-refractivity contribution in [2.45, 2.75) is 49.3 Å². The van der Waals surface area contributed by atoms with Crippen molar-refractivity contribution in [3.05, 3.63) is 64.9 Å². The Bertz CT molecular complexity index is 1220. The molecule has 11 heteroatoms. The van der Waals surface area contributed by atoms with E-state index in [-0.39, 0.29) is 23.4 Å². The molecule has 9 nitrogen and oxygen atoms in total. The second kappa shape index (κ2) is 8.32. The van der Waals surface area contributed by atoms with E-state index in [2.05, 4.69) is 10.1 Å². The van der Waals surface area contributed by atoms with Crippen LogP contribution in [0.4, 0.5) is 0 Å². The first-order valence-electron chi connectivity index (χ1n) is 10.4. The average molecular weight is 490 g/mol. The van der Waals surface area contributed by atoms with E-state index >= 15 is 0 Å². The minimum atomic E-state index is -4.23. The van der Waals surface area contributed by atoms with E-state index < -0.39 is 27.7 Å². The van der Waals surface area contributed by atoms with Gasteiger partial charge in [-0.25, -0.2) is 13.4 Å². The predicted molar refractivity (Wildman–Crippen MR) is 124 cm³/mol. The number of carboxylic acid groups (broad SMARTS) is 1. The fourth-order valence-corrected chi connectivity index (χ4v) is 6.99. The Balaban J connectivity index is 1.89. The summed E-state index contributed by atoms with van der Waals surface area (Å²) in [6, 6.07) is 8.33. The lowest BCUT2D eigenvalue weighted by Gasteiger charge is -2.35. The molecule has 1 fully saturated rings. The number of thiazole rings is 1. The maximum absolute atomic E-state index is 14.1. The summed E-state index contributed by atoms with van der Waals surface area (Å²) < 4.78 is 30.7. The van der Waals surface area contributed by atoms with Gasteiger partial charge in [-0.3, -0.25) is 14.4 Å².